The van der Waals surface area contributed by atoms with Crippen molar-refractivity contribution >= 4 is 5.91 Å². The van der Waals surface area contributed by atoms with Crippen LogP contribution in [-0.2, 0) is 17.6 Å². The van der Waals surface area contributed by atoms with Crippen LogP contribution in [0.2, 0.25) is 0 Å². The molecule has 2 aromatic rings. The van der Waals surface area contributed by atoms with E-state index >= 15 is 0 Å². The summed E-state index contributed by atoms with van der Waals surface area (Å²) in [5, 5.41) is 9.64. The molecule has 0 fully saturated rings. The average molecular weight is 271 g/mol. The fourth-order valence-corrected chi connectivity index (χ4v) is 2.39. The lowest BCUT2D eigenvalue weighted by Gasteiger charge is -2.26. The Morgan fingerprint density at radius 3 is 3.20 bits per heavy atom. The number of hydrogen-bond donors (Lipinski definition) is 2. The van der Waals surface area contributed by atoms with Gasteiger partial charge in [0.1, 0.15) is 12.4 Å². The van der Waals surface area contributed by atoms with E-state index in [1.54, 1.807) is 6.20 Å². The Morgan fingerprint density at radius 2 is 2.35 bits per heavy atom. The number of carbonyl (C=O) groups is 1. The van der Waals surface area contributed by atoms with Crippen molar-refractivity contribution in [1.82, 2.24) is 15.5 Å². The summed E-state index contributed by atoms with van der Waals surface area (Å²) in [5.41, 5.74) is 2.20. The molecule has 0 aliphatic carbocycles. The summed E-state index contributed by atoms with van der Waals surface area (Å²) in [6, 6.07) is 8.01. The molecule has 0 spiro atoms. The van der Waals surface area contributed by atoms with Crippen LogP contribution in [0, 0.1) is 0 Å². The summed E-state index contributed by atoms with van der Waals surface area (Å²) in [6.45, 7) is 0.536. The van der Waals surface area contributed by atoms with Gasteiger partial charge in [-0.25, -0.2) is 0 Å². The smallest absolute Gasteiger partial charge is 0.220 e. The maximum absolute atomic E-state index is 11.9. The topological polar surface area (TPSA) is 67.0 Å². The average Bonchev–Trinajstić information content (AvgIpc) is 2.98. The molecule has 5 heteroatoms. The van der Waals surface area contributed by atoms with Gasteiger partial charge in [0.05, 0.1) is 12.2 Å². The third-order valence-electron chi connectivity index (χ3n) is 3.44. The number of aromatic amines is 1. The SMILES string of the molecule is O=C(CCc1cn[nH]c1)N[C@@H]1COc2ccccc2C1. The van der Waals surface area contributed by atoms with Gasteiger partial charge in [0.15, 0.2) is 0 Å². The highest BCUT2D eigenvalue weighted by atomic mass is 16.5. The number of rotatable bonds is 4. The maximum atomic E-state index is 11.9. The molecule has 1 atom stereocenters. The predicted octanol–water partition coefficient (Wildman–Crippen LogP) is 1.46. The molecule has 20 heavy (non-hydrogen) atoms. The normalized spacial score (nSPS) is 17.1. The highest BCUT2D eigenvalue weighted by Crippen LogP contribution is 2.23. The van der Waals surface area contributed by atoms with Crippen LogP contribution >= 0.6 is 0 Å². The van der Waals surface area contributed by atoms with Gasteiger partial charge < -0.3 is 10.1 Å². The molecule has 3 rings (SSSR count). The fourth-order valence-electron chi connectivity index (χ4n) is 2.39. The number of aryl methyl sites for hydroxylation is 1. The number of fused-ring (bicyclic) bond motifs is 1. The predicted molar refractivity (Wildman–Crippen MR) is 74.5 cm³/mol. The van der Waals surface area contributed by atoms with E-state index in [-0.39, 0.29) is 11.9 Å². The minimum atomic E-state index is 0.0548. The van der Waals surface area contributed by atoms with Crippen molar-refractivity contribution in [1.29, 1.82) is 0 Å². The molecule has 1 aliphatic rings. The molecule has 104 valence electrons. The van der Waals surface area contributed by atoms with Crippen LogP contribution in [0.25, 0.3) is 0 Å². The van der Waals surface area contributed by atoms with Gasteiger partial charge in [-0.05, 0) is 30.0 Å². The molecule has 2 N–H and O–H groups in total. The van der Waals surface area contributed by atoms with Crippen molar-refractivity contribution in [2.75, 3.05) is 6.61 Å². The van der Waals surface area contributed by atoms with Crippen molar-refractivity contribution in [2.45, 2.75) is 25.3 Å². The van der Waals surface area contributed by atoms with E-state index in [0.29, 0.717) is 19.4 Å². The number of nitrogens with zero attached hydrogens (tertiary/aromatic N) is 1. The first-order valence-electron chi connectivity index (χ1n) is 6.79. The Bertz CT molecular complexity index is 581. The van der Waals surface area contributed by atoms with Gasteiger partial charge in [-0.2, -0.15) is 5.10 Å². The number of nitrogens with one attached hydrogen (secondary N) is 2. The van der Waals surface area contributed by atoms with E-state index in [4.69, 9.17) is 4.74 Å². The zero-order valence-electron chi connectivity index (χ0n) is 11.1. The second kappa shape index (κ2) is 5.77. The number of aromatic nitrogens is 2. The number of amides is 1. The molecule has 1 aliphatic heterocycles. The van der Waals surface area contributed by atoms with Crippen LogP contribution in [0.5, 0.6) is 5.75 Å². The number of H-pyrrole nitrogens is 1. The standard InChI is InChI=1S/C15H17N3O2/c19-15(6-5-11-8-16-17-9-11)18-13-7-12-3-1-2-4-14(12)20-10-13/h1-4,8-9,13H,5-7,10H2,(H,16,17)(H,18,19)/t13-/m0/s1. The van der Waals surface area contributed by atoms with Crippen LogP contribution in [-0.4, -0.2) is 28.8 Å². The summed E-state index contributed by atoms with van der Waals surface area (Å²) in [5.74, 6) is 0.982. The van der Waals surface area contributed by atoms with E-state index in [1.165, 1.54) is 0 Å². The molecule has 0 radical (unpaired) electrons. The van der Waals surface area contributed by atoms with E-state index in [0.717, 1.165) is 23.3 Å². The Morgan fingerprint density at radius 1 is 1.45 bits per heavy atom. The summed E-state index contributed by atoms with van der Waals surface area (Å²) in [6.07, 6.45) is 5.55. The number of ether oxygens (including phenoxy) is 1. The van der Waals surface area contributed by atoms with Crippen LogP contribution in [0.4, 0.5) is 0 Å². The molecular weight excluding hydrogens is 254 g/mol. The molecule has 1 amide bonds. The van der Waals surface area contributed by atoms with Crippen molar-refractivity contribution in [3.63, 3.8) is 0 Å². The summed E-state index contributed by atoms with van der Waals surface area (Å²) in [7, 11) is 0. The maximum Gasteiger partial charge on any atom is 0.220 e. The summed E-state index contributed by atoms with van der Waals surface area (Å²) in [4.78, 5) is 11.9. The Balaban J connectivity index is 1.50. The van der Waals surface area contributed by atoms with Crippen LogP contribution in [0.3, 0.4) is 0 Å². The van der Waals surface area contributed by atoms with E-state index in [2.05, 4.69) is 15.5 Å². The van der Waals surface area contributed by atoms with Gasteiger partial charge in [-0.3, -0.25) is 9.89 Å². The van der Waals surface area contributed by atoms with Crippen LogP contribution < -0.4 is 10.1 Å². The minimum Gasteiger partial charge on any atom is -0.491 e. The lowest BCUT2D eigenvalue weighted by atomic mass is 10.0. The first-order valence-corrected chi connectivity index (χ1v) is 6.79. The van der Waals surface area contributed by atoms with E-state index < -0.39 is 0 Å². The lowest BCUT2D eigenvalue weighted by Crippen LogP contribution is -2.42. The second-order valence-corrected chi connectivity index (χ2v) is 4.99. The third-order valence-corrected chi connectivity index (χ3v) is 3.44. The van der Waals surface area contributed by atoms with E-state index in [1.807, 2.05) is 30.5 Å². The number of para-hydroxylation sites is 1. The van der Waals surface area contributed by atoms with Gasteiger partial charge in [-0.1, -0.05) is 18.2 Å². The largest absolute Gasteiger partial charge is 0.491 e. The highest BCUT2D eigenvalue weighted by molar-refractivity contribution is 5.76. The Kier molecular flexibility index (Phi) is 3.67. The minimum absolute atomic E-state index is 0.0548. The van der Waals surface area contributed by atoms with Gasteiger partial charge >= 0.3 is 0 Å². The molecule has 0 saturated heterocycles. The Hall–Kier alpha value is -2.30. The molecule has 1 aromatic heterocycles. The first-order chi connectivity index (χ1) is 9.81. The molecule has 0 bridgehead atoms. The summed E-state index contributed by atoms with van der Waals surface area (Å²) >= 11 is 0. The van der Waals surface area contributed by atoms with Crippen LogP contribution in [0.15, 0.2) is 36.7 Å². The van der Waals surface area contributed by atoms with Crippen molar-refractivity contribution < 1.29 is 9.53 Å². The number of carbonyl (C=O) groups excluding carboxylic acids is 1. The fraction of sp³-hybridized carbons (Fsp3) is 0.333. The van der Waals surface area contributed by atoms with Crippen molar-refractivity contribution in [3.8, 4) is 5.75 Å². The second-order valence-electron chi connectivity index (χ2n) is 4.99. The first kappa shape index (κ1) is 12.7. The van der Waals surface area contributed by atoms with Gasteiger partial charge in [0.25, 0.3) is 0 Å². The summed E-state index contributed by atoms with van der Waals surface area (Å²) < 4.78 is 5.66. The Labute approximate surface area is 117 Å². The molecule has 0 saturated carbocycles. The molecular formula is C15H17N3O2. The zero-order valence-corrected chi connectivity index (χ0v) is 11.1. The van der Waals surface area contributed by atoms with Gasteiger partial charge in [0, 0.05) is 12.6 Å². The molecule has 2 heterocycles. The van der Waals surface area contributed by atoms with Crippen molar-refractivity contribution in [3.05, 3.63) is 47.8 Å². The molecule has 0 unspecified atom stereocenters. The number of benzene rings is 1. The number of hydrogen-bond acceptors (Lipinski definition) is 3. The molecule has 5 nitrogen and oxygen atoms in total. The lowest BCUT2D eigenvalue weighted by molar-refractivity contribution is -0.122. The van der Waals surface area contributed by atoms with E-state index in [9.17, 15) is 4.79 Å². The highest BCUT2D eigenvalue weighted by Gasteiger charge is 2.20. The zero-order chi connectivity index (χ0) is 13.8. The van der Waals surface area contributed by atoms with Gasteiger partial charge in [-0.15, -0.1) is 0 Å². The molecule has 1 aromatic carbocycles. The monoisotopic (exact) mass is 271 g/mol. The quantitative estimate of drug-likeness (QED) is 0.884. The van der Waals surface area contributed by atoms with Crippen LogP contribution in [0.1, 0.15) is 17.5 Å². The van der Waals surface area contributed by atoms with Gasteiger partial charge in [0.2, 0.25) is 5.91 Å². The van der Waals surface area contributed by atoms with Crippen molar-refractivity contribution in [2.24, 2.45) is 0 Å². The third kappa shape index (κ3) is 2.99.